The highest BCUT2D eigenvalue weighted by atomic mass is 127. The number of amides is 1. The van der Waals surface area contributed by atoms with Crippen LogP contribution >= 0.6 is 39.9 Å². The van der Waals surface area contributed by atoms with Gasteiger partial charge in [0.15, 0.2) is 5.96 Å². The molecule has 1 amide bonds. The summed E-state index contributed by atoms with van der Waals surface area (Å²) in [6.45, 7) is 8.50. The van der Waals surface area contributed by atoms with Gasteiger partial charge in [0, 0.05) is 26.2 Å². The maximum absolute atomic E-state index is 12.1. The lowest BCUT2D eigenvalue weighted by Crippen LogP contribution is -2.53. The van der Waals surface area contributed by atoms with E-state index in [0.717, 1.165) is 15.8 Å². The number of benzene rings is 1. The number of aliphatic imine (C=N–C) groups is 1. The third kappa shape index (κ3) is 7.36. The first-order valence-corrected chi connectivity index (χ1v) is 9.34. The Hall–Kier alpha value is -1.23. The van der Waals surface area contributed by atoms with E-state index in [1.165, 1.54) is 0 Å². The minimum absolute atomic E-state index is 0. The molecule has 7 nitrogen and oxygen atoms in total. The van der Waals surface area contributed by atoms with Crippen molar-refractivity contribution in [3.63, 3.8) is 0 Å². The standard InChI is InChI=1S/C18H27BrN4O3.HI/c1-18(2,3)26-17(24)23-9-7-22(8-10-23)16(20)21-12-13-5-6-15(25-4)14(19)11-13;/h5-6,11H,7-10,12H2,1-4H3,(H2,20,21);1H. The first-order valence-electron chi connectivity index (χ1n) is 8.55. The summed E-state index contributed by atoms with van der Waals surface area (Å²) in [5.74, 6) is 1.27. The fraction of sp³-hybridized carbons (Fsp3) is 0.556. The lowest BCUT2D eigenvalue weighted by atomic mass is 10.2. The van der Waals surface area contributed by atoms with Gasteiger partial charge in [0.25, 0.3) is 0 Å². The van der Waals surface area contributed by atoms with Gasteiger partial charge in [-0.1, -0.05) is 6.07 Å². The molecule has 1 aromatic rings. The molecule has 0 spiro atoms. The van der Waals surface area contributed by atoms with E-state index in [1.807, 2.05) is 43.9 Å². The van der Waals surface area contributed by atoms with E-state index in [2.05, 4.69) is 20.9 Å². The minimum Gasteiger partial charge on any atom is -0.496 e. The minimum atomic E-state index is -0.485. The van der Waals surface area contributed by atoms with Crippen molar-refractivity contribution in [1.82, 2.24) is 9.80 Å². The molecule has 152 valence electrons. The number of ether oxygens (including phenoxy) is 2. The third-order valence-corrected chi connectivity index (χ3v) is 4.51. The number of guanidine groups is 1. The van der Waals surface area contributed by atoms with Crippen LogP contribution in [0.4, 0.5) is 4.79 Å². The molecule has 27 heavy (non-hydrogen) atoms. The largest absolute Gasteiger partial charge is 0.496 e. The molecule has 9 heteroatoms. The average Bonchev–Trinajstić information content (AvgIpc) is 2.58. The summed E-state index contributed by atoms with van der Waals surface area (Å²) in [6, 6.07) is 5.82. The molecule has 2 rings (SSSR count). The van der Waals surface area contributed by atoms with E-state index >= 15 is 0 Å². The number of rotatable bonds is 3. The van der Waals surface area contributed by atoms with Crippen LogP contribution in [0.25, 0.3) is 0 Å². The van der Waals surface area contributed by atoms with Gasteiger partial charge in [-0.3, -0.25) is 0 Å². The molecule has 0 aromatic heterocycles. The molecule has 1 aliphatic rings. The zero-order chi connectivity index (χ0) is 19.3. The smallest absolute Gasteiger partial charge is 0.410 e. The number of piperazine rings is 1. The highest BCUT2D eigenvalue weighted by Crippen LogP contribution is 2.25. The van der Waals surface area contributed by atoms with Crippen molar-refractivity contribution in [1.29, 1.82) is 0 Å². The fourth-order valence-corrected chi connectivity index (χ4v) is 3.11. The van der Waals surface area contributed by atoms with E-state index in [-0.39, 0.29) is 30.1 Å². The lowest BCUT2D eigenvalue weighted by Gasteiger charge is -2.36. The highest BCUT2D eigenvalue weighted by molar-refractivity contribution is 14.0. The molecule has 0 aliphatic carbocycles. The van der Waals surface area contributed by atoms with Crippen LogP contribution in [0.2, 0.25) is 0 Å². The Bertz CT molecular complexity index is 671. The molecule has 1 aliphatic heterocycles. The van der Waals surface area contributed by atoms with Gasteiger partial charge in [0.05, 0.1) is 18.1 Å². The van der Waals surface area contributed by atoms with E-state index in [1.54, 1.807) is 12.0 Å². The summed E-state index contributed by atoms with van der Waals surface area (Å²) >= 11 is 3.47. The predicted molar refractivity (Wildman–Crippen MR) is 121 cm³/mol. The Kier molecular flexibility index (Phi) is 9.13. The van der Waals surface area contributed by atoms with Crippen molar-refractivity contribution in [2.24, 2.45) is 10.7 Å². The number of carbonyl (C=O) groups excluding carboxylic acids is 1. The average molecular weight is 555 g/mol. The number of hydrogen-bond acceptors (Lipinski definition) is 4. The van der Waals surface area contributed by atoms with Crippen molar-refractivity contribution >= 4 is 52.0 Å². The molecule has 0 bridgehead atoms. The summed E-state index contributed by atoms with van der Waals surface area (Å²) in [4.78, 5) is 20.3. The van der Waals surface area contributed by atoms with Gasteiger partial charge in [-0.2, -0.15) is 0 Å². The summed E-state index contributed by atoms with van der Waals surface area (Å²) < 4.78 is 11.5. The number of nitrogens with zero attached hydrogens (tertiary/aromatic N) is 3. The molecule has 0 radical (unpaired) electrons. The second-order valence-electron chi connectivity index (χ2n) is 7.10. The number of methoxy groups -OCH3 is 1. The van der Waals surface area contributed by atoms with Crippen LogP contribution in [0.3, 0.4) is 0 Å². The topological polar surface area (TPSA) is 80.4 Å². The molecule has 0 unspecified atom stereocenters. The van der Waals surface area contributed by atoms with Crippen molar-refractivity contribution in [2.75, 3.05) is 33.3 Å². The SMILES string of the molecule is COc1ccc(CN=C(N)N2CCN(C(=O)OC(C)(C)C)CC2)cc1Br.I. The Morgan fingerprint density at radius 1 is 1.22 bits per heavy atom. The Labute approximate surface area is 186 Å². The van der Waals surface area contributed by atoms with Gasteiger partial charge >= 0.3 is 6.09 Å². The molecule has 1 aromatic carbocycles. The Morgan fingerprint density at radius 3 is 2.33 bits per heavy atom. The Balaban J connectivity index is 0.00000364. The summed E-state index contributed by atoms with van der Waals surface area (Å²) in [5.41, 5.74) is 6.67. The highest BCUT2D eigenvalue weighted by Gasteiger charge is 2.26. The van der Waals surface area contributed by atoms with Crippen LogP contribution in [0.15, 0.2) is 27.7 Å². The quantitative estimate of drug-likeness (QED) is 0.352. The predicted octanol–water partition coefficient (Wildman–Crippen LogP) is 3.44. The maximum atomic E-state index is 12.1. The van der Waals surface area contributed by atoms with E-state index in [9.17, 15) is 4.79 Å². The van der Waals surface area contributed by atoms with Gasteiger partial charge < -0.3 is 25.0 Å². The van der Waals surface area contributed by atoms with Crippen LogP contribution in [0, 0.1) is 0 Å². The van der Waals surface area contributed by atoms with Crippen LogP contribution in [-0.4, -0.2) is 60.7 Å². The second kappa shape index (κ2) is 10.4. The van der Waals surface area contributed by atoms with E-state index in [4.69, 9.17) is 15.2 Å². The molecule has 2 N–H and O–H groups in total. The number of halogens is 2. The van der Waals surface area contributed by atoms with Gasteiger partial charge in [-0.15, -0.1) is 24.0 Å². The van der Waals surface area contributed by atoms with Crippen molar-refractivity contribution in [2.45, 2.75) is 32.9 Å². The van der Waals surface area contributed by atoms with Gasteiger partial charge in [-0.25, -0.2) is 9.79 Å². The molecule has 1 heterocycles. The number of hydrogen-bond donors (Lipinski definition) is 1. The summed E-state index contributed by atoms with van der Waals surface area (Å²) in [7, 11) is 1.63. The first kappa shape index (κ1) is 23.8. The van der Waals surface area contributed by atoms with Crippen LogP contribution in [-0.2, 0) is 11.3 Å². The van der Waals surface area contributed by atoms with Crippen LogP contribution < -0.4 is 10.5 Å². The molecule has 0 atom stereocenters. The van der Waals surface area contributed by atoms with Gasteiger partial charge in [0.1, 0.15) is 11.4 Å². The monoisotopic (exact) mass is 554 g/mol. The van der Waals surface area contributed by atoms with Crippen LogP contribution in [0.5, 0.6) is 5.75 Å². The number of carbonyl (C=O) groups is 1. The molecule has 1 saturated heterocycles. The van der Waals surface area contributed by atoms with Gasteiger partial charge in [0.2, 0.25) is 0 Å². The van der Waals surface area contributed by atoms with Crippen LogP contribution in [0.1, 0.15) is 26.3 Å². The molecule has 1 fully saturated rings. The molecule has 0 saturated carbocycles. The third-order valence-electron chi connectivity index (χ3n) is 3.90. The molecular weight excluding hydrogens is 527 g/mol. The van der Waals surface area contributed by atoms with E-state index < -0.39 is 5.60 Å². The second-order valence-corrected chi connectivity index (χ2v) is 7.95. The van der Waals surface area contributed by atoms with Gasteiger partial charge in [-0.05, 0) is 54.4 Å². The Morgan fingerprint density at radius 2 is 1.81 bits per heavy atom. The first-order chi connectivity index (χ1) is 12.2. The maximum Gasteiger partial charge on any atom is 0.410 e. The summed E-state index contributed by atoms with van der Waals surface area (Å²) in [6.07, 6.45) is -0.282. The van der Waals surface area contributed by atoms with Crippen molar-refractivity contribution < 1.29 is 14.3 Å². The summed E-state index contributed by atoms with van der Waals surface area (Å²) in [5, 5.41) is 0. The molecular formula is C18H28BrIN4O3. The number of nitrogens with two attached hydrogens (primary N) is 1. The van der Waals surface area contributed by atoms with Crippen molar-refractivity contribution in [3.05, 3.63) is 28.2 Å². The normalized spacial score (nSPS) is 15.2. The van der Waals surface area contributed by atoms with Crippen molar-refractivity contribution in [3.8, 4) is 5.75 Å². The fourth-order valence-electron chi connectivity index (χ4n) is 2.53. The van der Waals surface area contributed by atoms with E-state index in [0.29, 0.717) is 38.7 Å². The zero-order valence-corrected chi connectivity index (χ0v) is 20.1. The lowest BCUT2D eigenvalue weighted by molar-refractivity contribution is 0.0186. The zero-order valence-electron chi connectivity index (χ0n) is 16.2.